The maximum atomic E-state index is 12.0. The Labute approximate surface area is 62.0 Å². The molecule has 0 amide bonds. The number of hydrogen-bond donors (Lipinski definition) is 2. The second-order valence-electron chi connectivity index (χ2n) is 2.87. The van der Waals surface area contributed by atoms with E-state index in [9.17, 15) is 4.39 Å². The fraction of sp³-hybridized carbons (Fsp3) is 1.00. The van der Waals surface area contributed by atoms with Crippen molar-refractivity contribution in [1.29, 1.82) is 0 Å². The van der Waals surface area contributed by atoms with E-state index >= 15 is 0 Å². The summed E-state index contributed by atoms with van der Waals surface area (Å²) in [7, 11) is 1.50. The molecule has 1 fully saturated rings. The Morgan fingerprint density at radius 2 is 2.20 bits per heavy atom. The lowest BCUT2D eigenvalue weighted by atomic mass is 9.92. The third kappa shape index (κ3) is 2.62. The second-order valence-corrected chi connectivity index (χ2v) is 2.87. The van der Waals surface area contributed by atoms with Gasteiger partial charge in [-0.15, -0.1) is 0 Å². The Kier molecular flexibility index (Phi) is 4.56. The number of hydrogen-bond acceptors (Lipinski definition) is 2. The molecule has 0 saturated carbocycles. The van der Waals surface area contributed by atoms with Gasteiger partial charge < -0.3 is 11.1 Å². The standard InChI is InChI=1S/C6H12FN.CH5N/c1-6(4-7)2-3-8-5-6;1-2/h8H,2-5H2,1H3;2H2,1H3. The highest BCUT2D eigenvalue weighted by Crippen LogP contribution is 2.23. The predicted molar refractivity (Wildman–Crippen MR) is 41.7 cm³/mol. The fourth-order valence-electron chi connectivity index (χ4n) is 0.983. The Morgan fingerprint density at radius 3 is 2.40 bits per heavy atom. The lowest BCUT2D eigenvalue weighted by Gasteiger charge is -2.15. The molecule has 2 nitrogen and oxygen atoms in total. The van der Waals surface area contributed by atoms with Crippen LogP contribution in [-0.2, 0) is 0 Å². The topological polar surface area (TPSA) is 38.0 Å². The molecular formula is C7H17FN2. The number of alkyl halides is 1. The van der Waals surface area contributed by atoms with Crippen molar-refractivity contribution in [3.8, 4) is 0 Å². The zero-order valence-corrected chi connectivity index (χ0v) is 6.78. The maximum Gasteiger partial charge on any atom is 0.0960 e. The van der Waals surface area contributed by atoms with E-state index in [0.29, 0.717) is 0 Å². The van der Waals surface area contributed by atoms with Gasteiger partial charge in [0.25, 0.3) is 0 Å². The molecule has 0 spiro atoms. The molecule has 3 N–H and O–H groups in total. The summed E-state index contributed by atoms with van der Waals surface area (Å²) in [5, 5.41) is 3.12. The molecule has 1 saturated heterocycles. The van der Waals surface area contributed by atoms with Crippen LogP contribution in [0.25, 0.3) is 0 Å². The quantitative estimate of drug-likeness (QED) is 0.569. The first-order chi connectivity index (χ1) is 4.77. The van der Waals surface area contributed by atoms with Crippen molar-refractivity contribution >= 4 is 0 Å². The van der Waals surface area contributed by atoms with E-state index in [4.69, 9.17) is 0 Å². The van der Waals surface area contributed by atoms with Crippen LogP contribution in [0.5, 0.6) is 0 Å². The molecule has 0 aliphatic carbocycles. The molecular weight excluding hydrogens is 131 g/mol. The molecule has 10 heavy (non-hydrogen) atoms. The largest absolute Gasteiger partial charge is 0.333 e. The summed E-state index contributed by atoms with van der Waals surface area (Å²) in [6.45, 7) is 3.64. The van der Waals surface area contributed by atoms with E-state index in [2.05, 4.69) is 11.1 Å². The van der Waals surface area contributed by atoms with Crippen LogP contribution in [0.1, 0.15) is 13.3 Å². The molecule has 0 aromatic carbocycles. The van der Waals surface area contributed by atoms with Crippen LogP contribution in [0.2, 0.25) is 0 Å². The maximum absolute atomic E-state index is 12.0. The van der Waals surface area contributed by atoms with Crippen LogP contribution in [0, 0.1) is 5.41 Å². The Bertz CT molecular complexity index is 79.7. The summed E-state index contributed by atoms with van der Waals surface area (Å²) < 4.78 is 12.0. The summed E-state index contributed by atoms with van der Waals surface area (Å²) in [4.78, 5) is 0. The van der Waals surface area contributed by atoms with E-state index in [-0.39, 0.29) is 12.1 Å². The van der Waals surface area contributed by atoms with Crippen molar-refractivity contribution in [2.24, 2.45) is 11.1 Å². The van der Waals surface area contributed by atoms with Gasteiger partial charge in [-0.25, -0.2) is 0 Å². The molecule has 0 bridgehead atoms. The van der Waals surface area contributed by atoms with Crippen molar-refractivity contribution in [3.05, 3.63) is 0 Å². The molecule has 0 aromatic rings. The lowest BCUT2D eigenvalue weighted by Crippen LogP contribution is -2.21. The van der Waals surface area contributed by atoms with Crippen molar-refractivity contribution in [1.82, 2.24) is 5.32 Å². The molecule has 0 aromatic heterocycles. The normalized spacial score (nSPS) is 31.2. The zero-order chi connectivity index (χ0) is 8.04. The van der Waals surface area contributed by atoms with Crippen LogP contribution >= 0.6 is 0 Å². The van der Waals surface area contributed by atoms with Crippen molar-refractivity contribution < 1.29 is 4.39 Å². The summed E-state index contributed by atoms with van der Waals surface area (Å²) in [5.41, 5.74) is 4.46. The summed E-state index contributed by atoms with van der Waals surface area (Å²) in [6.07, 6.45) is 0.990. The van der Waals surface area contributed by atoms with E-state index in [1.807, 2.05) is 6.92 Å². The highest BCUT2D eigenvalue weighted by Gasteiger charge is 2.27. The minimum Gasteiger partial charge on any atom is -0.333 e. The van der Waals surface area contributed by atoms with Gasteiger partial charge in [0, 0.05) is 12.0 Å². The summed E-state index contributed by atoms with van der Waals surface area (Å²) >= 11 is 0. The molecule has 1 unspecified atom stereocenters. The number of nitrogens with two attached hydrogens (primary N) is 1. The van der Waals surface area contributed by atoms with Gasteiger partial charge in [-0.3, -0.25) is 4.39 Å². The smallest absolute Gasteiger partial charge is 0.0960 e. The van der Waals surface area contributed by atoms with E-state index in [0.717, 1.165) is 19.5 Å². The highest BCUT2D eigenvalue weighted by atomic mass is 19.1. The summed E-state index contributed by atoms with van der Waals surface area (Å²) in [6, 6.07) is 0. The Hall–Kier alpha value is -0.150. The van der Waals surface area contributed by atoms with Crippen molar-refractivity contribution in [2.45, 2.75) is 13.3 Å². The van der Waals surface area contributed by atoms with Gasteiger partial charge >= 0.3 is 0 Å². The average Bonchev–Trinajstić information content (AvgIpc) is 2.42. The predicted octanol–water partition coefficient (Wildman–Crippen LogP) is 0.530. The van der Waals surface area contributed by atoms with Gasteiger partial charge in [0.2, 0.25) is 0 Å². The van der Waals surface area contributed by atoms with E-state index < -0.39 is 0 Å². The van der Waals surface area contributed by atoms with Crippen molar-refractivity contribution in [3.63, 3.8) is 0 Å². The molecule has 0 radical (unpaired) electrons. The Balaban J connectivity index is 0.000000371. The van der Waals surface area contributed by atoms with Gasteiger partial charge in [0.1, 0.15) is 0 Å². The van der Waals surface area contributed by atoms with E-state index in [1.54, 1.807) is 0 Å². The minimum absolute atomic E-state index is 0.0417. The third-order valence-corrected chi connectivity index (χ3v) is 1.78. The first-order valence-electron chi connectivity index (χ1n) is 3.61. The average molecular weight is 148 g/mol. The van der Waals surface area contributed by atoms with Crippen molar-refractivity contribution in [2.75, 3.05) is 26.8 Å². The number of rotatable bonds is 1. The first-order valence-corrected chi connectivity index (χ1v) is 3.61. The van der Waals surface area contributed by atoms with Gasteiger partial charge in [0.15, 0.2) is 0 Å². The minimum atomic E-state index is -0.181. The monoisotopic (exact) mass is 148 g/mol. The van der Waals surface area contributed by atoms with Gasteiger partial charge in [-0.1, -0.05) is 6.92 Å². The second kappa shape index (κ2) is 4.63. The van der Waals surface area contributed by atoms with Crippen LogP contribution in [-0.4, -0.2) is 26.8 Å². The molecule has 1 aliphatic rings. The lowest BCUT2D eigenvalue weighted by molar-refractivity contribution is 0.257. The first kappa shape index (κ1) is 9.85. The fourth-order valence-corrected chi connectivity index (χ4v) is 0.983. The molecule has 1 atom stereocenters. The molecule has 1 heterocycles. The van der Waals surface area contributed by atoms with Crippen LogP contribution < -0.4 is 11.1 Å². The SMILES string of the molecule is CC1(CF)CCNC1.CN. The van der Waals surface area contributed by atoms with Gasteiger partial charge in [-0.05, 0) is 20.0 Å². The van der Waals surface area contributed by atoms with Crippen LogP contribution in [0.15, 0.2) is 0 Å². The molecule has 62 valence electrons. The third-order valence-electron chi connectivity index (χ3n) is 1.78. The van der Waals surface area contributed by atoms with E-state index in [1.165, 1.54) is 7.05 Å². The number of nitrogens with one attached hydrogen (secondary N) is 1. The number of halogens is 1. The zero-order valence-electron chi connectivity index (χ0n) is 6.78. The molecule has 1 rings (SSSR count). The van der Waals surface area contributed by atoms with Crippen LogP contribution in [0.4, 0.5) is 4.39 Å². The van der Waals surface area contributed by atoms with Gasteiger partial charge in [0.05, 0.1) is 6.67 Å². The molecule has 3 heteroatoms. The highest BCUT2D eigenvalue weighted by molar-refractivity contribution is 4.82. The molecule has 1 aliphatic heterocycles. The Morgan fingerprint density at radius 1 is 1.60 bits per heavy atom. The van der Waals surface area contributed by atoms with Crippen LogP contribution in [0.3, 0.4) is 0 Å². The summed E-state index contributed by atoms with van der Waals surface area (Å²) in [5.74, 6) is 0. The van der Waals surface area contributed by atoms with Gasteiger partial charge in [-0.2, -0.15) is 0 Å².